The van der Waals surface area contributed by atoms with Gasteiger partial charge in [-0.15, -0.1) is 0 Å². The molecular formula is C20H18N2O4S2. The Labute approximate surface area is 171 Å². The molecule has 1 saturated carbocycles. The Morgan fingerprint density at radius 3 is 2.68 bits per heavy atom. The van der Waals surface area contributed by atoms with Gasteiger partial charge in [-0.2, -0.15) is 0 Å². The minimum Gasteiger partial charge on any atom is -0.456 e. The molecule has 8 heteroatoms. The number of nitrogens with zero attached hydrogens (tertiary/aromatic N) is 2. The summed E-state index contributed by atoms with van der Waals surface area (Å²) in [5, 5.41) is 11.2. The summed E-state index contributed by atoms with van der Waals surface area (Å²) in [7, 11) is 0. The Bertz CT molecular complexity index is 976. The molecule has 2 fully saturated rings. The monoisotopic (exact) mass is 414 g/mol. The lowest BCUT2D eigenvalue weighted by Crippen LogP contribution is -2.39. The molecule has 144 valence electrons. The average Bonchev–Trinajstić information content (AvgIpc) is 3.27. The lowest BCUT2D eigenvalue weighted by atomic mass is 9.94. The highest BCUT2D eigenvalue weighted by molar-refractivity contribution is 8.26. The standard InChI is InChI=1S/C20H18N2O4S2/c23-19-18(28-20(27)21(19)13-6-2-1-3-7-13)12-14-10-11-17(26-14)15-8-4-5-9-16(15)22(24)25/h4-5,8-13H,1-3,6-7H2/b18-12+. The number of nitro groups is 1. The average molecular weight is 415 g/mol. The highest BCUT2D eigenvalue weighted by Gasteiger charge is 2.37. The van der Waals surface area contributed by atoms with Gasteiger partial charge < -0.3 is 4.42 Å². The maximum atomic E-state index is 12.9. The first-order valence-corrected chi connectivity index (χ1v) is 10.4. The SMILES string of the molecule is O=C1/C(=C\c2ccc(-c3ccccc3[N+](=O)[O-])o2)SC(=S)N1C1CCCCC1. The van der Waals surface area contributed by atoms with E-state index in [0.717, 1.165) is 25.7 Å². The summed E-state index contributed by atoms with van der Waals surface area (Å²) in [4.78, 5) is 25.9. The van der Waals surface area contributed by atoms with E-state index in [1.54, 1.807) is 41.3 Å². The molecule has 0 radical (unpaired) electrons. The normalized spacial score (nSPS) is 19.6. The van der Waals surface area contributed by atoms with Crippen LogP contribution in [0.1, 0.15) is 37.9 Å². The van der Waals surface area contributed by atoms with Crippen molar-refractivity contribution in [2.75, 3.05) is 0 Å². The Kier molecular flexibility index (Phi) is 5.32. The second-order valence-electron chi connectivity index (χ2n) is 6.82. The predicted molar refractivity (Wildman–Crippen MR) is 113 cm³/mol. The number of thioether (sulfide) groups is 1. The fourth-order valence-electron chi connectivity index (χ4n) is 3.68. The van der Waals surface area contributed by atoms with Crippen LogP contribution in [-0.2, 0) is 4.79 Å². The van der Waals surface area contributed by atoms with E-state index in [1.807, 2.05) is 0 Å². The van der Waals surface area contributed by atoms with Crippen molar-refractivity contribution in [3.63, 3.8) is 0 Å². The molecule has 2 aliphatic rings. The quantitative estimate of drug-likeness (QED) is 0.289. The molecule has 2 aromatic rings. The van der Waals surface area contributed by atoms with Crippen LogP contribution in [0.3, 0.4) is 0 Å². The summed E-state index contributed by atoms with van der Waals surface area (Å²) in [5.41, 5.74) is 0.383. The van der Waals surface area contributed by atoms with Gasteiger partial charge in [-0.1, -0.05) is 55.4 Å². The lowest BCUT2D eigenvalue weighted by molar-refractivity contribution is -0.384. The van der Waals surface area contributed by atoms with Crippen LogP contribution in [0.2, 0.25) is 0 Å². The highest BCUT2D eigenvalue weighted by atomic mass is 32.2. The highest BCUT2D eigenvalue weighted by Crippen LogP contribution is 2.38. The van der Waals surface area contributed by atoms with Gasteiger partial charge in [0.15, 0.2) is 0 Å². The van der Waals surface area contributed by atoms with Crippen molar-refractivity contribution in [3.05, 3.63) is 57.2 Å². The van der Waals surface area contributed by atoms with E-state index in [-0.39, 0.29) is 17.6 Å². The van der Waals surface area contributed by atoms with Gasteiger partial charge in [0.25, 0.3) is 11.6 Å². The first-order valence-electron chi connectivity index (χ1n) is 9.15. The van der Waals surface area contributed by atoms with Crippen molar-refractivity contribution in [2.24, 2.45) is 0 Å². The fourth-order valence-corrected chi connectivity index (χ4v) is 5.06. The van der Waals surface area contributed by atoms with E-state index in [4.69, 9.17) is 16.6 Å². The van der Waals surface area contributed by atoms with Crippen molar-refractivity contribution < 1.29 is 14.1 Å². The van der Waals surface area contributed by atoms with E-state index in [2.05, 4.69) is 0 Å². The van der Waals surface area contributed by atoms with Crippen LogP contribution < -0.4 is 0 Å². The molecule has 1 saturated heterocycles. The van der Waals surface area contributed by atoms with Gasteiger partial charge in [-0.05, 0) is 31.0 Å². The summed E-state index contributed by atoms with van der Waals surface area (Å²) in [6.07, 6.45) is 7.10. The van der Waals surface area contributed by atoms with Gasteiger partial charge >= 0.3 is 0 Å². The van der Waals surface area contributed by atoms with Crippen LogP contribution >= 0.6 is 24.0 Å². The number of benzene rings is 1. The summed E-state index contributed by atoms with van der Waals surface area (Å²) < 4.78 is 6.37. The second kappa shape index (κ2) is 7.89. The van der Waals surface area contributed by atoms with Crippen LogP contribution in [0.15, 0.2) is 45.7 Å². The molecule has 1 amide bonds. The molecule has 0 N–H and O–H groups in total. The number of rotatable bonds is 4. The second-order valence-corrected chi connectivity index (χ2v) is 8.50. The largest absolute Gasteiger partial charge is 0.456 e. The zero-order valence-electron chi connectivity index (χ0n) is 15.0. The third-order valence-electron chi connectivity index (χ3n) is 5.03. The molecule has 1 aromatic carbocycles. The Morgan fingerprint density at radius 1 is 1.18 bits per heavy atom. The van der Waals surface area contributed by atoms with Crippen LogP contribution in [-0.4, -0.2) is 26.1 Å². The number of thiocarbonyl (C=S) groups is 1. The molecule has 6 nitrogen and oxygen atoms in total. The molecule has 1 aliphatic heterocycles. The molecule has 0 bridgehead atoms. The molecule has 1 aromatic heterocycles. The number of hydrogen-bond donors (Lipinski definition) is 0. The van der Waals surface area contributed by atoms with Gasteiger partial charge in [0.1, 0.15) is 15.8 Å². The van der Waals surface area contributed by atoms with E-state index in [9.17, 15) is 14.9 Å². The summed E-state index contributed by atoms with van der Waals surface area (Å²) >= 11 is 6.72. The van der Waals surface area contributed by atoms with E-state index < -0.39 is 4.92 Å². The zero-order chi connectivity index (χ0) is 19.7. The van der Waals surface area contributed by atoms with E-state index >= 15 is 0 Å². The summed E-state index contributed by atoms with van der Waals surface area (Å²) in [5.74, 6) is 0.782. The number of amides is 1. The zero-order valence-corrected chi connectivity index (χ0v) is 16.6. The third-order valence-corrected chi connectivity index (χ3v) is 6.36. The number of carbonyl (C=O) groups excluding carboxylic acids is 1. The molecule has 0 atom stereocenters. The van der Waals surface area contributed by atoms with Crippen molar-refractivity contribution in [3.8, 4) is 11.3 Å². The molecule has 1 aliphatic carbocycles. The summed E-state index contributed by atoms with van der Waals surface area (Å²) in [6.45, 7) is 0. The lowest BCUT2D eigenvalue weighted by Gasteiger charge is -2.29. The van der Waals surface area contributed by atoms with Crippen molar-refractivity contribution in [1.29, 1.82) is 0 Å². The molecule has 4 rings (SSSR count). The smallest absolute Gasteiger partial charge is 0.280 e. The Hall–Kier alpha value is -2.45. The minimum atomic E-state index is -0.438. The molecule has 0 unspecified atom stereocenters. The van der Waals surface area contributed by atoms with Crippen molar-refractivity contribution >= 4 is 46.0 Å². The molecule has 2 heterocycles. The van der Waals surface area contributed by atoms with Crippen LogP contribution in [0.4, 0.5) is 5.69 Å². The van der Waals surface area contributed by atoms with Gasteiger partial charge in [0.05, 0.1) is 15.4 Å². The van der Waals surface area contributed by atoms with Crippen LogP contribution in [0.5, 0.6) is 0 Å². The number of nitro benzene ring substituents is 1. The number of carbonyl (C=O) groups is 1. The van der Waals surface area contributed by atoms with Gasteiger partial charge in [-0.3, -0.25) is 19.8 Å². The molecular weight excluding hydrogens is 396 g/mol. The van der Waals surface area contributed by atoms with E-state index in [0.29, 0.717) is 26.3 Å². The maximum Gasteiger partial charge on any atom is 0.280 e. The first-order chi connectivity index (χ1) is 13.5. The minimum absolute atomic E-state index is 0.0213. The number of hydrogen-bond acceptors (Lipinski definition) is 6. The number of furan rings is 1. The fraction of sp³-hybridized carbons (Fsp3) is 0.300. The number of para-hydroxylation sites is 1. The van der Waals surface area contributed by atoms with Crippen LogP contribution in [0.25, 0.3) is 17.4 Å². The molecule has 0 spiro atoms. The van der Waals surface area contributed by atoms with Gasteiger partial charge in [-0.25, -0.2) is 0 Å². The Balaban J connectivity index is 1.58. The molecule has 28 heavy (non-hydrogen) atoms. The van der Waals surface area contributed by atoms with Crippen LogP contribution in [0, 0.1) is 10.1 Å². The van der Waals surface area contributed by atoms with Crippen molar-refractivity contribution in [1.82, 2.24) is 4.90 Å². The first kappa shape index (κ1) is 18.9. The topological polar surface area (TPSA) is 76.6 Å². The predicted octanol–water partition coefficient (Wildman–Crippen LogP) is 5.39. The van der Waals surface area contributed by atoms with Gasteiger partial charge in [0.2, 0.25) is 0 Å². The Morgan fingerprint density at radius 2 is 1.93 bits per heavy atom. The third kappa shape index (κ3) is 3.62. The van der Waals surface area contributed by atoms with E-state index in [1.165, 1.54) is 24.2 Å². The van der Waals surface area contributed by atoms with Gasteiger partial charge in [0, 0.05) is 18.2 Å². The van der Waals surface area contributed by atoms with Crippen molar-refractivity contribution in [2.45, 2.75) is 38.1 Å². The summed E-state index contributed by atoms with van der Waals surface area (Å²) in [6, 6.07) is 9.99. The maximum absolute atomic E-state index is 12.9.